The lowest BCUT2D eigenvalue weighted by atomic mass is 10.1. The molecule has 1 heterocycles. The molecule has 136 valence electrons. The topological polar surface area (TPSA) is 58.6 Å². The number of amides is 2. The number of ether oxygens (including phenoxy) is 1. The Morgan fingerprint density at radius 1 is 1.00 bits per heavy atom. The lowest BCUT2D eigenvalue weighted by molar-refractivity contribution is 0.0595. The molecule has 2 aromatic rings. The Morgan fingerprint density at radius 2 is 1.58 bits per heavy atom. The molecule has 0 saturated carbocycles. The number of rotatable bonds is 4. The SMILES string of the molecule is CNC(=O)c1ccc(C(=O)N2CCC(Oc3ccc(Cl)cc3)CC2)cc1. The van der Waals surface area contributed by atoms with Crippen LogP contribution in [0.5, 0.6) is 5.75 Å². The quantitative estimate of drug-likeness (QED) is 0.895. The molecule has 0 unspecified atom stereocenters. The number of halogens is 1. The van der Waals surface area contributed by atoms with Gasteiger partial charge < -0.3 is 15.0 Å². The molecule has 0 aliphatic carbocycles. The van der Waals surface area contributed by atoms with Crippen molar-refractivity contribution in [1.29, 1.82) is 0 Å². The van der Waals surface area contributed by atoms with E-state index >= 15 is 0 Å². The van der Waals surface area contributed by atoms with Crippen molar-refractivity contribution in [2.45, 2.75) is 18.9 Å². The highest BCUT2D eigenvalue weighted by molar-refractivity contribution is 6.30. The minimum atomic E-state index is -0.163. The largest absolute Gasteiger partial charge is 0.490 e. The van der Waals surface area contributed by atoms with E-state index in [1.165, 1.54) is 0 Å². The van der Waals surface area contributed by atoms with Crippen molar-refractivity contribution in [3.63, 3.8) is 0 Å². The average Bonchev–Trinajstić information content (AvgIpc) is 2.69. The first kappa shape index (κ1) is 18.3. The van der Waals surface area contributed by atoms with Crippen molar-refractivity contribution in [3.8, 4) is 5.75 Å². The molecule has 1 fully saturated rings. The molecule has 0 radical (unpaired) electrons. The Labute approximate surface area is 157 Å². The van der Waals surface area contributed by atoms with Crippen molar-refractivity contribution in [2.75, 3.05) is 20.1 Å². The molecule has 1 saturated heterocycles. The highest BCUT2D eigenvalue weighted by Crippen LogP contribution is 2.22. The van der Waals surface area contributed by atoms with Gasteiger partial charge in [0.25, 0.3) is 11.8 Å². The van der Waals surface area contributed by atoms with Crippen LogP contribution < -0.4 is 10.1 Å². The summed E-state index contributed by atoms with van der Waals surface area (Å²) in [6.07, 6.45) is 1.66. The van der Waals surface area contributed by atoms with E-state index in [1.54, 1.807) is 43.4 Å². The van der Waals surface area contributed by atoms with Gasteiger partial charge in [-0.15, -0.1) is 0 Å². The highest BCUT2D eigenvalue weighted by Gasteiger charge is 2.24. The summed E-state index contributed by atoms with van der Waals surface area (Å²) >= 11 is 5.88. The lowest BCUT2D eigenvalue weighted by Crippen LogP contribution is -2.41. The summed E-state index contributed by atoms with van der Waals surface area (Å²) in [7, 11) is 1.58. The lowest BCUT2D eigenvalue weighted by Gasteiger charge is -2.32. The van der Waals surface area contributed by atoms with Crippen molar-refractivity contribution < 1.29 is 14.3 Å². The molecule has 5 nitrogen and oxygen atoms in total. The van der Waals surface area contributed by atoms with Crippen LogP contribution >= 0.6 is 11.6 Å². The van der Waals surface area contributed by atoms with Gasteiger partial charge in [-0.1, -0.05) is 11.6 Å². The maximum Gasteiger partial charge on any atom is 0.253 e. The van der Waals surface area contributed by atoms with Crippen LogP contribution in [0.15, 0.2) is 48.5 Å². The number of carbonyl (C=O) groups excluding carboxylic acids is 2. The molecule has 26 heavy (non-hydrogen) atoms. The number of piperidine rings is 1. The fraction of sp³-hybridized carbons (Fsp3) is 0.300. The number of likely N-dealkylation sites (tertiary alicyclic amines) is 1. The van der Waals surface area contributed by atoms with Gasteiger partial charge in [-0.25, -0.2) is 0 Å². The second-order valence-corrected chi connectivity index (χ2v) is 6.66. The van der Waals surface area contributed by atoms with Crippen LogP contribution in [0.3, 0.4) is 0 Å². The molecule has 0 spiro atoms. The van der Waals surface area contributed by atoms with Crippen molar-refractivity contribution in [1.82, 2.24) is 10.2 Å². The van der Waals surface area contributed by atoms with Gasteiger partial charge in [0.2, 0.25) is 0 Å². The zero-order valence-electron chi connectivity index (χ0n) is 14.6. The number of hydrogen-bond donors (Lipinski definition) is 1. The minimum absolute atomic E-state index is 0.0154. The summed E-state index contributed by atoms with van der Waals surface area (Å²) in [5, 5.41) is 3.25. The first-order valence-corrected chi connectivity index (χ1v) is 8.98. The van der Waals surface area contributed by atoms with Gasteiger partial charge in [0, 0.05) is 49.1 Å². The zero-order valence-corrected chi connectivity index (χ0v) is 15.3. The van der Waals surface area contributed by atoms with Crippen molar-refractivity contribution in [2.24, 2.45) is 0 Å². The van der Waals surface area contributed by atoms with Crippen LogP contribution in [0.4, 0.5) is 0 Å². The van der Waals surface area contributed by atoms with E-state index in [9.17, 15) is 9.59 Å². The summed E-state index contributed by atoms with van der Waals surface area (Å²) < 4.78 is 5.96. The van der Waals surface area contributed by atoms with E-state index in [0.717, 1.165) is 18.6 Å². The van der Waals surface area contributed by atoms with Crippen molar-refractivity contribution >= 4 is 23.4 Å². The zero-order chi connectivity index (χ0) is 18.5. The molecule has 6 heteroatoms. The molecular formula is C20H21ClN2O3. The Kier molecular flexibility index (Phi) is 5.78. The van der Waals surface area contributed by atoms with Gasteiger partial charge in [-0.05, 0) is 48.5 Å². The number of hydrogen-bond acceptors (Lipinski definition) is 3. The Morgan fingerprint density at radius 3 is 2.15 bits per heavy atom. The number of nitrogens with zero attached hydrogens (tertiary/aromatic N) is 1. The smallest absolute Gasteiger partial charge is 0.253 e. The van der Waals surface area contributed by atoms with Crippen LogP contribution in [0.1, 0.15) is 33.6 Å². The van der Waals surface area contributed by atoms with Gasteiger partial charge in [-0.2, -0.15) is 0 Å². The summed E-state index contributed by atoms with van der Waals surface area (Å²) in [5.74, 6) is 0.617. The summed E-state index contributed by atoms with van der Waals surface area (Å²) in [6.45, 7) is 1.29. The molecular weight excluding hydrogens is 352 g/mol. The Bertz CT molecular complexity index is 767. The summed E-state index contributed by atoms with van der Waals surface area (Å²) in [5.41, 5.74) is 1.13. The van der Waals surface area contributed by atoms with Crippen molar-refractivity contribution in [3.05, 3.63) is 64.7 Å². The third-order valence-corrected chi connectivity index (χ3v) is 4.72. The number of nitrogens with one attached hydrogen (secondary N) is 1. The summed E-state index contributed by atoms with van der Waals surface area (Å²) in [4.78, 5) is 26.0. The molecule has 2 aromatic carbocycles. The average molecular weight is 373 g/mol. The first-order valence-electron chi connectivity index (χ1n) is 8.60. The predicted molar refractivity (Wildman–Crippen MR) is 101 cm³/mol. The van der Waals surface area contributed by atoms with Crippen LogP contribution in [0.2, 0.25) is 5.02 Å². The maximum atomic E-state index is 12.6. The van der Waals surface area contributed by atoms with Gasteiger partial charge in [0.1, 0.15) is 11.9 Å². The van der Waals surface area contributed by atoms with E-state index in [2.05, 4.69) is 5.32 Å². The Balaban J connectivity index is 1.54. The highest BCUT2D eigenvalue weighted by atomic mass is 35.5. The van der Waals surface area contributed by atoms with E-state index in [0.29, 0.717) is 29.2 Å². The Hall–Kier alpha value is -2.53. The summed E-state index contributed by atoms with van der Waals surface area (Å²) in [6, 6.07) is 14.1. The minimum Gasteiger partial charge on any atom is -0.490 e. The monoisotopic (exact) mass is 372 g/mol. The fourth-order valence-corrected chi connectivity index (χ4v) is 3.10. The van der Waals surface area contributed by atoms with E-state index < -0.39 is 0 Å². The second kappa shape index (κ2) is 8.23. The van der Waals surface area contributed by atoms with E-state index in [-0.39, 0.29) is 17.9 Å². The van der Waals surface area contributed by atoms with Crippen LogP contribution in [0, 0.1) is 0 Å². The fourth-order valence-electron chi connectivity index (χ4n) is 2.97. The predicted octanol–water partition coefficient (Wildman–Crippen LogP) is 3.38. The molecule has 0 aromatic heterocycles. The van der Waals surface area contributed by atoms with Gasteiger partial charge >= 0.3 is 0 Å². The molecule has 2 amide bonds. The normalized spacial score (nSPS) is 14.8. The van der Waals surface area contributed by atoms with Crippen LogP contribution in [0.25, 0.3) is 0 Å². The molecule has 3 rings (SSSR count). The molecule has 1 aliphatic heterocycles. The molecule has 1 N–H and O–H groups in total. The molecule has 0 atom stereocenters. The number of benzene rings is 2. The maximum absolute atomic E-state index is 12.6. The van der Waals surface area contributed by atoms with E-state index in [4.69, 9.17) is 16.3 Å². The molecule has 0 bridgehead atoms. The van der Waals surface area contributed by atoms with Gasteiger partial charge in [0.05, 0.1) is 0 Å². The standard InChI is InChI=1S/C20H21ClN2O3/c1-22-19(24)14-2-4-15(5-3-14)20(25)23-12-10-18(11-13-23)26-17-8-6-16(21)7-9-17/h2-9,18H,10-13H2,1H3,(H,22,24). The molecule has 1 aliphatic rings. The van der Waals surface area contributed by atoms with E-state index in [1.807, 2.05) is 17.0 Å². The van der Waals surface area contributed by atoms with Crippen LogP contribution in [-0.2, 0) is 0 Å². The third-order valence-electron chi connectivity index (χ3n) is 4.47. The first-order chi connectivity index (χ1) is 12.6. The second-order valence-electron chi connectivity index (χ2n) is 6.22. The van der Waals surface area contributed by atoms with Gasteiger partial charge in [0.15, 0.2) is 0 Å². The number of carbonyl (C=O) groups is 2. The third kappa shape index (κ3) is 4.35. The van der Waals surface area contributed by atoms with Gasteiger partial charge in [-0.3, -0.25) is 9.59 Å². The van der Waals surface area contributed by atoms with Crippen LogP contribution in [-0.4, -0.2) is 43.0 Å².